The first-order valence-electron chi connectivity index (χ1n) is 16.5. The molecule has 2 saturated carbocycles. The molecule has 230 valence electrons. The highest BCUT2D eigenvalue weighted by Gasteiger charge is 2.67. The fraction of sp³-hybridized carbons (Fsp3) is 0.611. The lowest BCUT2D eigenvalue weighted by Gasteiger charge is -2.61. The van der Waals surface area contributed by atoms with E-state index in [0.29, 0.717) is 43.6 Å². The van der Waals surface area contributed by atoms with Gasteiger partial charge in [-0.1, -0.05) is 36.4 Å². The van der Waals surface area contributed by atoms with E-state index in [-0.39, 0.29) is 41.4 Å². The number of amides is 1. The Balaban J connectivity index is 1.12. The maximum atomic E-state index is 14.0. The Morgan fingerprint density at radius 1 is 1.12 bits per heavy atom. The second kappa shape index (κ2) is 11.2. The predicted octanol–water partition coefficient (Wildman–Crippen LogP) is 5.16. The number of aliphatic hydroxyl groups excluding tert-OH is 1. The molecule has 5 aliphatic rings. The number of nitrogens with zero attached hydrogens (tertiary/aromatic N) is 2. The molecule has 7 nitrogen and oxygen atoms in total. The van der Waals surface area contributed by atoms with E-state index in [1.165, 1.54) is 11.1 Å². The summed E-state index contributed by atoms with van der Waals surface area (Å²) in [7, 11) is 1.72. The quantitative estimate of drug-likeness (QED) is 0.289. The molecule has 1 N–H and O–H groups in total. The van der Waals surface area contributed by atoms with Crippen molar-refractivity contribution >= 4 is 11.7 Å². The van der Waals surface area contributed by atoms with Gasteiger partial charge >= 0.3 is 0 Å². The average molecular weight is 587 g/mol. The topological polar surface area (TPSA) is 79.3 Å². The zero-order valence-corrected chi connectivity index (χ0v) is 25.8. The summed E-state index contributed by atoms with van der Waals surface area (Å²) in [6.45, 7) is 6.23. The maximum Gasteiger partial charge on any atom is 0.223 e. The number of ketones is 1. The van der Waals surface area contributed by atoms with Crippen molar-refractivity contribution in [3.63, 3.8) is 0 Å². The number of Topliss-reactive ketones (excluding diaryl/α,β-unsaturated/α-hetero) is 1. The van der Waals surface area contributed by atoms with Gasteiger partial charge in [0.05, 0.1) is 19.3 Å². The SMILES string of the molecule is COc1ccc2c3c1O[C@H]1[C@H](N(C(=O)CCCCC(=O)c4ccccc4)C(C)C)CC[C@H]4[C@@H](C2)N(CC2CC2O)CC[C@@]341. The van der Waals surface area contributed by atoms with Crippen molar-refractivity contribution in [3.05, 3.63) is 59.2 Å². The number of ether oxygens (including phenoxy) is 2. The molecule has 3 fully saturated rings. The van der Waals surface area contributed by atoms with Crippen LogP contribution in [0.1, 0.15) is 86.7 Å². The van der Waals surface area contributed by atoms with E-state index in [1.54, 1.807) is 7.11 Å². The molecule has 7 rings (SSSR count). The molecule has 0 radical (unpaired) electrons. The largest absolute Gasteiger partial charge is 0.493 e. The van der Waals surface area contributed by atoms with E-state index in [1.807, 2.05) is 30.3 Å². The normalized spacial score (nSPS) is 31.7. The minimum atomic E-state index is -0.136. The molecule has 2 bridgehead atoms. The number of unbranched alkanes of at least 4 members (excludes halogenated alkanes) is 1. The number of carbonyl (C=O) groups is 2. The molecule has 0 aromatic heterocycles. The highest BCUT2D eigenvalue weighted by atomic mass is 16.5. The van der Waals surface area contributed by atoms with Gasteiger partial charge in [0.2, 0.25) is 5.91 Å². The highest BCUT2D eigenvalue weighted by Crippen LogP contribution is 2.64. The van der Waals surface area contributed by atoms with E-state index < -0.39 is 0 Å². The molecule has 7 atom stereocenters. The van der Waals surface area contributed by atoms with Gasteiger partial charge in [0.15, 0.2) is 17.3 Å². The van der Waals surface area contributed by atoms with Crippen LogP contribution in [-0.4, -0.2) is 77.1 Å². The molecule has 1 amide bonds. The number of methoxy groups -OCH3 is 1. The summed E-state index contributed by atoms with van der Waals surface area (Å²) in [6, 6.07) is 14.2. The number of likely N-dealkylation sites (tertiary alicyclic amines) is 1. The molecule has 1 spiro atoms. The number of piperidine rings is 1. The van der Waals surface area contributed by atoms with Crippen LogP contribution in [0.4, 0.5) is 0 Å². The van der Waals surface area contributed by atoms with Crippen molar-refractivity contribution in [3.8, 4) is 11.5 Å². The van der Waals surface area contributed by atoms with Crippen LogP contribution >= 0.6 is 0 Å². The third kappa shape index (κ3) is 4.78. The third-order valence-electron chi connectivity index (χ3n) is 11.3. The Hall–Kier alpha value is -2.90. The molecular formula is C36H46N2O5. The van der Waals surface area contributed by atoms with Crippen LogP contribution in [0.3, 0.4) is 0 Å². The number of rotatable bonds is 11. The van der Waals surface area contributed by atoms with E-state index >= 15 is 0 Å². The molecule has 3 aliphatic carbocycles. The van der Waals surface area contributed by atoms with Crippen LogP contribution in [0.5, 0.6) is 11.5 Å². The Kier molecular flexibility index (Phi) is 7.53. The third-order valence-corrected chi connectivity index (χ3v) is 11.3. The first-order valence-corrected chi connectivity index (χ1v) is 16.5. The van der Waals surface area contributed by atoms with Gasteiger partial charge in [-0.2, -0.15) is 0 Å². The predicted molar refractivity (Wildman–Crippen MR) is 165 cm³/mol. The van der Waals surface area contributed by atoms with E-state index in [9.17, 15) is 14.7 Å². The lowest BCUT2D eigenvalue weighted by Crippen LogP contribution is -2.69. The van der Waals surface area contributed by atoms with Crippen LogP contribution in [-0.2, 0) is 16.6 Å². The molecule has 2 heterocycles. The molecule has 43 heavy (non-hydrogen) atoms. The zero-order chi connectivity index (χ0) is 29.9. The fourth-order valence-electron chi connectivity index (χ4n) is 9.30. The van der Waals surface area contributed by atoms with Gasteiger partial charge in [-0.3, -0.25) is 14.5 Å². The molecular weight excluding hydrogens is 540 g/mol. The van der Waals surface area contributed by atoms with Gasteiger partial charge in [0.25, 0.3) is 0 Å². The van der Waals surface area contributed by atoms with Crippen molar-refractivity contribution in [1.29, 1.82) is 0 Å². The molecule has 7 heteroatoms. The summed E-state index contributed by atoms with van der Waals surface area (Å²) in [6.07, 6.45) is 7.03. The summed E-state index contributed by atoms with van der Waals surface area (Å²) in [4.78, 5) is 31.3. The van der Waals surface area contributed by atoms with Crippen LogP contribution < -0.4 is 9.47 Å². The number of aliphatic hydroxyl groups is 1. The van der Waals surface area contributed by atoms with Gasteiger partial charge in [0.1, 0.15) is 6.10 Å². The summed E-state index contributed by atoms with van der Waals surface area (Å²) in [5.41, 5.74) is 3.34. The van der Waals surface area contributed by atoms with E-state index in [2.05, 4.69) is 35.8 Å². The fourth-order valence-corrected chi connectivity index (χ4v) is 9.30. The summed E-state index contributed by atoms with van der Waals surface area (Å²) in [5.74, 6) is 2.89. The van der Waals surface area contributed by atoms with Crippen molar-refractivity contribution in [2.45, 2.75) is 107 Å². The summed E-state index contributed by atoms with van der Waals surface area (Å²) in [5, 5.41) is 10.1. The second-order valence-electron chi connectivity index (χ2n) is 13.9. The molecule has 2 aromatic rings. The van der Waals surface area contributed by atoms with E-state index in [0.717, 1.165) is 62.3 Å². The Labute approximate surface area is 255 Å². The second-order valence-corrected chi connectivity index (χ2v) is 13.9. The highest BCUT2D eigenvalue weighted by molar-refractivity contribution is 5.95. The number of hydrogen-bond acceptors (Lipinski definition) is 6. The lowest BCUT2D eigenvalue weighted by atomic mass is 9.51. The summed E-state index contributed by atoms with van der Waals surface area (Å²) >= 11 is 0. The van der Waals surface area contributed by atoms with E-state index in [4.69, 9.17) is 9.47 Å². The molecule has 1 saturated heterocycles. The smallest absolute Gasteiger partial charge is 0.223 e. The first kappa shape index (κ1) is 28.8. The van der Waals surface area contributed by atoms with Gasteiger partial charge in [-0.15, -0.1) is 0 Å². The van der Waals surface area contributed by atoms with Crippen molar-refractivity contribution < 1.29 is 24.2 Å². The van der Waals surface area contributed by atoms with Crippen LogP contribution in [0, 0.1) is 11.8 Å². The van der Waals surface area contributed by atoms with Gasteiger partial charge in [0, 0.05) is 53.9 Å². The average Bonchev–Trinajstić information content (AvgIpc) is 3.59. The van der Waals surface area contributed by atoms with Crippen molar-refractivity contribution in [1.82, 2.24) is 9.80 Å². The molecule has 2 unspecified atom stereocenters. The van der Waals surface area contributed by atoms with Crippen molar-refractivity contribution in [2.24, 2.45) is 11.8 Å². The minimum absolute atomic E-state index is 0.00443. The Morgan fingerprint density at radius 3 is 2.60 bits per heavy atom. The van der Waals surface area contributed by atoms with Gasteiger partial charge in [-0.25, -0.2) is 0 Å². The molecule has 2 aliphatic heterocycles. The summed E-state index contributed by atoms with van der Waals surface area (Å²) < 4.78 is 12.9. The standard InChI is InChI=1S/C36H46N2O5/c1-22(2)38(32(41)12-8-7-11-29(39)23-9-5-4-6-10-23)27-15-14-26-28-19-24-13-16-31(42-3)34-33(24)36(26,35(27)43-34)17-18-37(28)21-25-20-30(25)40/h4-6,9-10,13,16,22,25-28,30,35,40H,7-8,11-12,14-15,17-21H2,1-3H3/t25?,26-,27+,28+,30?,35-,36-/m0/s1. The number of hydrogen-bond donors (Lipinski definition) is 1. The van der Waals surface area contributed by atoms with Crippen LogP contribution in [0.2, 0.25) is 0 Å². The van der Waals surface area contributed by atoms with Gasteiger partial charge in [-0.05, 0) is 82.9 Å². The maximum absolute atomic E-state index is 14.0. The zero-order valence-electron chi connectivity index (χ0n) is 25.8. The van der Waals surface area contributed by atoms with Crippen LogP contribution in [0.15, 0.2) is 42.5 Å². The minimum Gasteiger partial charge on any atom is -0.493 e. The van der Waals surface area contributed by atoms with Gasteiger partial charge < -0.3 is 19.5 Å². The van der Waals surface area contributed by atoms with Crippen LogP contribution in [0.25, 0.3) is 0 Å². The Bertz CT molecular complexity index is 1380. The first-order chi connectivity index (χ1) is 20.8. The lowest BCUT2D eigenvalue weighted by molar-refractivity contribution is -0.146. The van der Waals surface area contributed by atoms with Crippen molar-refractivity contribution in [2.75, 3.05) is 20.2 Å². The molecule has 2 aromatic carbocycles. The number of benzene rings is 2. The number of carbonyl (C=O) groups excluding carboxylic acids is 2. The Morgan fingerprint density at radius 2 is 1.88 bits per heavy atom. The monoisotopic (exact) mass is 586 g/mol.